The highest BCUT2D eigenvalue weighted by atomic mass is 19.1. The van der Waals surface area contributed by atoms with Crippen LogP contribution in [0.3, 0.4) is 0 Å². The van der Waals surface area contributed by atoms with Gasteiger partial charge in [-0.25, -0.2) is 4.39 Å². The van der Waals surface area contributed by atoms with Crippen molar-refractivity contribution in [1.82, 2.24) is 20.0 Å². The number of piperazine rings is 1. The van der Waals surface area contributed by atoms with Crippen LogP contribution in [0.5, 0.6) is 11.5 Å². The van der Waals surface area contributed by atoms with Crippen molar-refractivity contribution < 1.29 is 28.4 Å². The second-order valence-electron chi connectivity index (χ2n) is 10.4. The van der Waals surface area contributed by atoms with Crippen molar-refractivity contribution in [2.24, 2.45) is 0 Å². The Balaban J connectivity index is 1.35. The second kappa shape index (κ2) is 12.4. The minimum absolute atomic E-state index is 0.107. The van der Waals surface area contributed by atoms with Gasteiger partial charge < -0.3 is 19.9 Å². The van der Waals surface area contributed by atoms with Crippen molar-refractivity contribution >= 4 is 23.4 Å². The Morgan fingerprint density at radius 2 is 1.79 bits per heavy atom. The lowest BCUT2D eigenvalue weighted by molar-refractivity contribution is -0.385. The van der Waals surface area contributed by atoms with E-state index in [-0.39, 0.29) is 47.4 Å². The van der Waals surface area contributed by atoms with Gasteiger partial charge in [0.05, 0.1) is 11.5 Å². The molecule has 0 aromatic heterocycles. The van der Waals surface area contributed by atoms with Gasteiger partial charge in [0.25, 0.3) is 5.91 Å². The first-order valence-electron chi connectivity index (χ1n) is 13.5. The number of amides is 3. The van der Waals surface area contributed by atoms with Gasteiger partial charge in [0, 0.05) is 63.9 Å². The van der Waals surface area contributed by atoms with Crippen LogP contribution in [0.15, 0.2) is 66.7 Å². The average molecular weight is 576 g/mol. The quantitative estimate of drug-likeness (QED) is 0.375. The van der Waals surface area contributed by atoms with Gasteiger partial charge >= 0.3 is 5.69 Å². The molecule has 3 aromatic carbocycles. The molecule has 11 nitrogen and oxygen atoms in total. The molecular formula is C30H30FN5O6. The summed E-state index contributed by atoms with van der Waals surface area (Å²) in [6.07, 6.45) is 0.150. The zero-order chi connectivity index (χ0) is 29.8. The summed E-state index contributed by atoms with van der Waals surface area (Å²) >= 11 is 0. The van der Waals surface area contributed by atoms with Gasteiger partial charge in [0.2, 0.25) is 17.6 Å². The summed E-state index contributed by atoms with van der Waals surface area (Å²) in [6, 6.07) is 16.0. The molecule has 1 saturated heterocycles. The molecule has 12 heteroatoms. The molecule has 1 atom stereocenters. The molecule has 0 radical (unpaired) electrons. The van der Waals surface area contributed by atoms with Crippen molar-refractivity contribution in [1.29, 1.82) is 0 Å². The van der Waals surface area contributed by atoms with Crippen molar-refractivity contribution in [3.05, 3.63) is 99.4 Å². The van der Waals surface area contributed by atoms with Crippen LogP contribution in [0.4, 0.5) is 10.1 Å². The smallest absolute Gasteiger partial charge is 0.311 e. The normalized spacial score (nSPS) is 18.1. The summed E-state index contributed by atoms with van der Waals surface area (Å²) in [5.74, 6) is -1.40. The van der Waals surface area contributed by atoms with Crippen LogP contribution < -0.4 is 10.1 Å². The van der Waals surface area contributed by atoms with Gasteiger partial charge in [0.1, 0.15) is 17.6 Å². The maximum atomic E-state index is 13.7. The zero-order valence-electron chi connectivity index (χ0n) is 23.0. The highest BCUT2D eigenvalue weighted by molar-refractivity contribution is 5.97. The van der Waals surface area contributed by atoms with E-state index in [0.29, 0.717) is 38.3 Å². The molecule has 1 fully saturated rings. The minimum atomic E-state index is -0.907. The number of carbonyl (C=O) groups excluding carboxylic acids is 3. The lowest BCUT2D eigenvalue weighted by Crippen LogP contribution is -2.56. The summed E-state index contributed by atoms with van der Waals surface area (Å²) in [5.41, 5.74) is 1.47. The van der Waals surface area contributed by atoms with Crippen molar-refractivity contribution in [2.75, 3.05) is 39.8 Å². The number of nitrogens with one attached hydrogen (secondary N) is 1. The number of nitrogens with zero attached hydrogens (tertiary/aromatic N) is 4. The predicted molar refractivity (Wildman–Crippen MR) is 150 cm³/mol. The fraction of sp³-hybridized carbons (Fsp3) is 0.300. The SMILES string of the molecule is CN1CC(=O)NC(C(=O)N2CCN(Cc3ccc(F)cc3)CC2)Cc2cccc(c2)Oc2cc(ccc2[N+](=O)[O-])C1=O. The fourth-order valence-electron chi connectivity index (χ4n) is 5.12. The monoisotopic (exact) mass is 575 g/mol. The Hall–Kier alpha value is -4.84. The number of nitro groups is 1. The number of benzene rings is 3. The molecule has 2 aliphatic rings. The predicted octanol–water partition coefficient (Wildman–Crippen LogP) is 2.98. The third-order valence-electron chi connectivity index (χ3n) is 7.33. The van der Waals surface area contributed by atoms with Crippen LogP contribution >= 0.6 is 0 Å². The maximum absolute atomic E-state index is 13.7. The van der Waals surface area contributed by atoms with Crippen LogP contribution in [0.1, 0.15) is 21.5 Å². The van der Waals surface area contributed by atoms with Crippen molar-refractivity contribution in [3.63, 3.8) is 0 Å². The molecule has 42 heavy (non-hydrogen) atoms. The first-order chi connectivity index (χ1) is 20.2. The molecule has 0 aliphatic carbocycles. The molecule has 4 bridgehead atoms. The van der Waals surface area contributed by atoms with E-state index in [9.17, 15) is 28.9 Å². The molecule has 218 valence electrons. The van der Waals surface area contributed by atoms with E-state index < -0.39 is 22.8 Å². The number of rotatable bonds is 4. The lowest BCUT2D eigenvalue weighted by atomic mass is 10.0. The van der Waals surface area contributed by atoms with Gasteiger partial charge in [-0.3, -0.25) is 29.4 Å². The van der Waals surface area contributed by atoms with Gasteiger partial charge in [-0.1, -0.05) is 24.3 Å². The van der Waals surface area contributed by atoms with E-state index in [1.165, 1.54) is 42.3 Å². The summed E-state index contributed by atoms with van der Waals surface area (Å²) in [4.78, 5) is 55.9. The number of ether oxygens (including phenoxy) is 1. The Morgan fingerprint density at radius 1 is 1.05 bits per heavy atom. The van der Waals surface area contributed by atoms with Crippen molar-refractivity contribution in [3.8, 4) is 11.5 Å². The van der Waals surface area contributed by atoms with Crippen LogP contribution in [0, 0.1) is 15.9 Å². The number of hydrogen-bond donors (Lipinski definition) is 1. The average Bonchev–Trinajstić information content (AvgIpc) is 2.97. The summed E-state index contributed by atoms with van der Waals surface area (Å²) < 4.78 is 19.1. The molecule has 1 N–H and O–H groups in total. The summed E-state index contributed by atoms with van der Waals surface area (Å²) in [5, 5.41) is 14.4. The van der Waals surface area contributed by atoms with Gasteiger partial charge in [-0.15, -0.1) is 0 Å². The van der Waals surface area contributed by atoms with Gasteiger partial charge in [-0.2, -0.15) is 0 Å². The fourth-order valence-corrected chi connectivity index (χ4v) is 5.12. The number of likely N-dealkylation sites (N-methyl/N-ethyl adjacent to an activating group) is 1. The number of carbonyl (C=O) groups is 3. The number of fused-ring (bicyclic) bond motifs is 4. The standard InChI is InChI=1S/C30H30FN5O6/c1-33-19-28(37)32-25(30(39)35-13-11-34(12-14-35)18-20-5-8-23(31)9-6-20)16-21-3-2-4-24(15-21)42-27-17-22(29(33)38)7-10-26(27)36(40)41/h2-10,15,17,25H,11-14,16,18-19H2,1H3,(H,32,37). The van der Waals surface area contributed by atoms with Crippen LogP contribution in [-0.2, 0) is 22.6 Å². The highest BCUT2D eigenvalue weighted by Crippen LogP contribution is 2.33. The van der Waals surface area contributed by atoms with E-state index in [1.54, 1.807) is 41.3 Å². The molecule has 1 unspecified atom stereocenters. The molecule has 2 heterocycles. The Labute approximate surface area is 241 Å². The van der Waals surface area contributed by atoms with Crippen LogP contribution in [0.25, 0.3) is 0 Å². The topological polar surface area (TPSA) is 125 Å². The molecule has 3 aromatic rings. The van der Waals surface area contributed by atoms with Crippen LogP contribution in [0.2, 0.25) is 0 Å². The summed E-state index contributed by atoms with van der Waals surface area (Å²) in [6.45, 7) is 2.44. The Morgan fingerprint density at radius 3 is 2.50 bits per heavy atom. The third-order valence-corrected chi connectivity index (χ3v) is 7.33. The maximum Gasteiger partial charge on any atom is 0.311 e. The Bertz CT molecular complexity index is 1510. The zero-order valence-corrected chi connectivity index (χ0v) is 23.0. The van der Waals surface area contributed by atoms with Gasteiger partial charge in [-0.05, 0) is 41.5 Å². The highest BCUT2D eigenvalue weighted by Gasteiger charge is 2.30. The molecule has 2 aliphatic heterocycles. The Kier molecular flexibility index (Phi) is 8.43. The minimum Gasteiger partial charge on any atom is -0.450 e. The summed E-state index contributed by atoms with van der Waals surface area (Å²) in [7, 11) is 1.44. The van der Waals surface area contributed by atoms with E-state index in [4.69, 9.17) is 4.74 Å². The first kappa shape index (κ1) is 28.7. The molecule has 5 rings (SSSR count). The van der Waals surface area contributed by atoms with Crippen LogP contribution in [-0.4, -0.2) is 83.2 Å². The molecular weight excluding hydrogens is 545 g/mol. The van der Waals surface area contributed by atoms with E-state index >= 15 is 0 Å². The first-order valence-corrected chi connectivity index (χ1v) is 13.5. The van der Waals surface area contributed by atoms with Crippen molar-refractivity contribution in [2.45, 2.75) is 19.0 Å². The van der Waals surface area contributed by atoms with E-state index in [2.05, 4.69) is 10.2 Å². The molecule has 3 amide bonds. The van der Waals surface area contributed by atoms with Gasteiger partial charge in [0.15, 0.2) is 0 Å². The molecule has 0 saturated carbocycles. The lowest BCUT2D eigenvalue weighted by Gasteiger charge is -2.36. The number of nitro benzene ring substituents is 1. The second-order valence-corrected chi connectivity index (χ2v) is 10.4. The van der Waals surface area contributed by atoms with E-state index in [1.807, 2.05) is 0 Å². The third kappa shape index (κ3) is 6.72. The molecule has 0 spiro atoms. The number of hydrogen-bond acceptors (Lipinski definition) is 7. The number of halogens is 1. The largest absolute Gasteiger partial charge is 0.450 e. The van der Waals surface area contributed by atoms with E-state index in [0.717, 1.165) is 5.56 Å².